The largest absolute Gasteiger partial charge is 0.481 e. The van der Waals surface area contributed by atoms with Crippen molar-refractivity contribution in [2.45, 2.75) is 57.5 Å². The van der Waals surface area contributed by atoms with Crippen LogP contribution in [0.2, 0.25) is 0 Å². The number of carboxylic acids is 1. The number of nitrogens with zero attached hydrogens (tertiary/aromatic N) is 1. The molecule has 1 aliphatic heterocycles. The van der Waals surface area contributed by atoms with Crippen LogP contribution in [0.4, 0.5) is 4.79 Å². The summed E-state index contributed by atoms with van der Waals surface area (Å²) >= 11 is 0. The zero-order valence-electron chi connectivity index (χ0n) is 15.6. The van der Waals surface area contributed by atoms with E-state index < -0.39 is 5.97 Å². The highest BCUT2D eigenvalue weighted by molar-refractivity contribution is 5.74. The number of urea groups is 1. The lowest BCUT2D eigenvalue weighted by Gasteiger charge is -2.29. The first-order chi connectivity index (χ1) is 12.5. The fraction of sp³-hybridized carbons (Fsp3) is 0.600. The minimum atomic E-state index is -0.844. The number of carboxylic acid groups (broad SMARTS) is 1. The van der Waals surface area contributed by atoms with E-state index in [0.717, 1.165) is 25.2 Å². The van der Waals surface area contributed by atoms with Crippen LogP contribution in [-0.2, 0) is 11.2 Å². The van der Waals surface area contributed by atoms with Crippen molar-refractivity contribution in [1.82, 2.24) is 15.5 Å². The molecule has 0 spiro atoms. The van der Waals surface area contributed by atoms with E-state index in [1.165, 1.54) is 19.3 Å². The molecule has 1 aromatic rings. The van der Waals surface area contributed by atoms with Gasteiger partial charge in [0.15, 0.2) is 0 Å². The molecule has 1 fully saturated rings. The Kier molecular flexibility index (Phi) is 8.41. The molecule has 3 N–H and O–H groups in total. The topological polar surface area (TPSA) is 81.7 Å². The molecule has 2 atom stereocenters. The smallest absolute Gasteiger partial charge is 0.315 e. The van der Waals surface area contributed by atoms with Crippen LogP contribution in [0.25, 0.3) is 0 Å². The molecule has 0 saturated carbocycles. The van der Waals surface area contributed by atoms with E-state index in [0.29, 0.717) is 12.8 Å². The number of nitrogens with one attached hydrogen (secondary N) is 2. The maximum Gasteiger partial charge on any atom is 0.315 e. The lowest BCUT2D eigenvalue weighted by molar-refractivity contribution is -0.137. The van der Waals surface area contributed by atoms with E-state index in [4.69, 9.17) is 5.11 Å². The number of carbonyl (C=O) groups is 2. The fourth-order valence-electron chi connectivity index (χ4n) is 3.45. The van der Waals surface area contributed by atoms with E-state index in [1.54, 1.807) is 0 Å². The van der Waals surface area contributed by atoms with Crippen molar-refractivity contribution in [2.24, 2.45) is 0 Å². The number of benzene rings is 1. The van der Waals surface area contributed by atoms with Crippen molar-refractivity contribution < 1.29 is 14.7 Å². The molecular formula is C20H31N3O3. The van der Waals surface area contributed by atoms with Crippen molar-refractivity contribution in [1.29, 1.82) is 0 Å². The number of piperidine rings is 1. The number of likely N-dealkylation sites (tertiary alicyclic amines) is 1. The second-order valence-corrected chi connectivity index (χ2v) is 7.20. The van der Waals surface area contributed by atoms with Crippen LogP contribution in [0, 0.1) is 0 Å². The normalized spacial score (nSPS) is 17.3. The summed E-state index contributed by atoms with van der Waals surface area (Å²) in [5.41, 5.74) is 1.09. The van der Waals surface area contributed by atoms with Crippen molar-refractivity contribution in [3.05, 3.63) is 35.9 Å². The second-order valence-electron chi connectivity index (χ2n) is 7.20. The van der Waals surface area contributed by atoms with Crippen LogP contribution < -0.4 is 10.6 Å². The maximum absolute atomic E-state index is 12.4. The van der Waals surface area contributed by atoms with Crippen molar-refractivity contribution >= 4 is 12.0 Å². The molecule has 0 bridgehead atoms. The third kappa shape index (κ3) is 7.87. The summed E-state index contributed by atoms with van der Waals surface area (Å²) in [6.07, 6.45) is 4.84. The summed E-state index contributed by atoms with van der Waals surface area (Å²) < 4.78 is 0. The molecule has 2 unspecified atom stereocenters. The zero-order valence-corrected chi connectivity index (χ0v) is 15.6. The highest BCUT2D eigenvalue weighted by atomic mass is 16.4. The molecule has 1 saturated heterocycles. The summed E-state index contributed by atoms with van der Waals surface area (Å²) in [7, 11) is 0. The van der Waals surface area contributed by atoms with Crippen LogP contribution in [0.15, 0.2) is 30.3 Å². The molecule has 0 aliphatic carbocycles. The summed E-state index contributed by atoms with van der Waals surface area (Å²) in [6.45, 7) is 5.06. The van der Waals surface area contributed by atoms with Gasteiger partial charge in [-0.3, -0.25) is 4.79 Å². The number of rotatable bonds is 9. The first kappa shape index (κ1) is 20.2. The lowest BCUT2D eigenvalue weighted by Crippen LogP contribution is -2.50. The van der Waals surface area contributed by atoms with E-state index in [-0.39, 0.29) is 24.5 Å². The van der Waals surface area contributed by atoms with E-state index >= 15 is 0 Å². The van der Waals surface area contributed by atoms with Gasteiger partial charge in [0.1, 0.15) is 0 Å². The van der Waals surface area contributed by atoms with Gasteiger partial charge in [0.05, 0.1) is 0 Å². The third-order valence-corrected chi connectivity index (χ3v) is 4.73. The van der Waals surface area contributed by atoms with Crippen molar-refractivity contribution in [2.75, 3.05) is 19.6 Å². The Morgan fingerprint density at radius 1 is 1.12 bits per heavy atom. The molecule has 1 aliphatic rings. The molecule has 1 heterocycles. The average Bonchev–Trinajstić information content (AvgIpc) is 2.61. The van der Waals surface area contributed by atoms with Crippen molar-refractivity contribution in [3.63, 3.8) is 0 Å². The molecule has 0 aromatic heterocycles. The quantitative estimate of drug-likeness (QED) is 0.631. The molecule has 6 nitrogen and oxygen atoms in total. The SMILES string of the molecule is CC(CN1CCCCC1)NC(=O)NC(CCC(=O)O)Cc1ccccc1. The first-order valence-electron chi connectivity index (χ1n) is 9.58. The highest BCUT2D eigenvalue weighted by Crippen LogP contribution is 2.10. The van der Waals surface area contributed by atoms with Gasteiger partial charge in [-0.2, -0.15) is 0 Å². The average molecular weight is 361 g/mol. The predicted octanol–water partition coefficient (Wildman–Crippen LogP) is 2.64. The monoisotopic (exact) mass is 361 g/mol. The number of carbonyl (C=O) groups excluding carboxylic acids is 1. The zero-order chi connectivity index (χ0) is 18.8. The Balaban J connectivity index is 1.82. The molecule has 26 heavy (non-hydrogen) atoms. The third-order valence-electron chi connectivity index (χ3n) is 4.73. The van der Waals surface area contributed by atoms with Crippen LogP contribution in [0.1, 0.15) is 44.6 Å². The van der Waals surface area contributed by atoms with Gasteiger partial charge in [0.25, 0.3) is 0 Å². The summed E-state index contributed by atoms with van der Waals surface area (Å²) in [5, 5.41) is 14.9. The summed E-state index contributed by atoms with van der Waals surface area (Å²) in [5.74, 6) is -0.844. The Morgan fingerprint density at radius 2 is 1.81 bits per heavy atom. The predicted molar refractivity (Wildman–Crippen MR) is 102 cm³/mol. The summed E-state index contributed by atoms with van der Waals surface area (Å²) in [6, 6.07) is 9.47. The van der Waals surface area contributed by atoms with Crippen LogP contribution in [0.5, 0.6) is 0 Å². The van der Waals surface area contributed by atoms with Gasteiger partial charge in [0.2, 0.25) is 0 Å². The summed E-state index contributed by atoms with van der Waals surface area (Å²) in [4.78, 5) is 25.6. The number of aliphatic carboxylic acids is 1. The van der Waals surface area contributed by atoms with Crippen LogP contribution in [-0.4, -0.2) is 53.7 Å². The second kappa shape index (κ2) is 10.8. The standard InChI is InChI=1S/C20H31N3O3/c1-16(15-23-12-6-3-7-13-23)21-20(26)22-18(10-11-19(24)25)14-17-8-4-2-5-9-17/h2,4-5,8-9,16,18H,3,6-7,10-15H2,1H3,(H,24,25)(H2,21,22,26). The number of hydrogen-bond acceptors (Lipinski definition) is 3. The van der Waals surface area contributed by atoms with Gasteiger partial charge in [-0.1, -0.05) is 36.8 Å². The lowest BCUT2D eigenvalue weighted by atomic mass is 10.0. The Morgan fingerprint density at radius 3 is 2.46 bits per heavy atom. The van der Waals surface area contributed by atoms with Crippen molar-refractivity contribution in [3.8, 4) is 0 Å². The maximum atomic E-state index is 12.4. The first-order valence-corrected chi connectivity index (χ1v) is 9.58. The van der Waals surface area contributed by atoms with E-state index in [2.05, 4.69) is 15.5 Å². The molecule has 144 valence electrons. The molecule has 2 rings (SSSR count). The minimum Gasteiger partial charge on any atom is -0.481 e. The van der Waals surface area contributed by atoms with Crippen LogP contribution >= 0.6 is 0 Å². The van der Waals surface area contributed by atoms with E-state index in [1.807, 2.05) is 37.3 Å². The Hall–Kier alpha value is -2.08. The van der Waals surface area contributed by atoms with Gasteiger partial charge in [-0.15, -0.1) is 0 Å². The van der Waals surface area contributed by atoms with E-state index in [9.17, 15) is 9.59 Å². The van der Waals surface area contributed by atoms with Gasteiger partial charge in [0, 0.05) is 25.0 Å². The molecule has 6 heteroatoms. The molecule has 0 radical (unpaired) electrons. The minimum absolute atomic E-state index is 0.0428. The Bertz CT molecular complexity index is 559. The number of hydrogen-bond donors (Lipinski definition) is 3. The van der Waals surface area contributed by atoms with Gasteiger partial charge in [-0.05, 0) is 51.3 Å². The highest BCUT2D eigenvalue weighted by Gasteiger charge is 2.18. The van der Waals surface area contributed by atoms with Crippen LogP contribution in [0.3, 0.4) is 0 Å². The molecule has 1 aromatic carbocycles. The number of amides is 2. The van der Waals surface area contributed by atoms with Gasteiger partial charge < -0.3 is 20.6 Å². The molecule has 2 amide bonds. The Labute approximate surface area is 156 Å². The molecular weight excluding hydrogens is 330 g/mol. The fourth-order valence-corrected chi connectivity index (χ4v) is 3.45. The van der Waals surface area contributed by atoms with Gasteiger partial charge >= 0.3 is 12.0 Å². The van der Waals surface area contributed by atoms with Gasteiger partial charge in [-0.25, -0.2) is 4.79 Å².